The Hall–Kier alpha value is -3.06. The lowest BCUT2D eigenvalue weighted by Gasteiger charge is -2.34. The van der Waals surface area contributed by atoms with E-state index in [2.05, 4.69) is 5.32 Å². The van der Waals surface area contributed by atoms with E-state index in [4.69, 9.17) is 14.2 Å². The number of amides is 2. The van der Waals surface area contributed by atoms with Gasteiger partial charge in [0.25, 0.3) is 5.91 Å². The van der Waals surface area contributed by atoms with Crippen LogP contribution < -0.4 is 19.7 Å². The van der Waals surface area contributed by atoms with Gasteiger partial charge in [-0.1, -0.05) is 0 Å². The molecular formula is C22H26N2O5. The van der Waals surface area contributed by atoms with Crippen LogP contribution in [-0.2, 0) is 9.53 Å². The SMILES string of the molecule is COc1ccc(C(=O)N(c2ccc(NC(C)=O)cc2)C2CCOCC2)cc1OC. The summed E-state index contributed by atoms with van der Waals surface area (Å²) in [5.41, 5.74) is 1.97. The van der Waals surface area contributed by atoms with Crippen LogP contribution in [-0.4, -0.2) is 45.3 Å². The highest BCUT2D eigenvalue weighted by molar-refractivity contribution is 6.07. The molecule has 1 saturated heterocycles. The van der Waals surface area contributed by atoms with Crippen molar-refractivity contribution < 1.29 is 23.8 Å². The van der Waals surface area contributed by atoms with Crippen molar-refractivity contribution in [3.63, 3.8) is 0 Å². The van der Waals surface area contributed by atoms with Crippen LogP contribution in [0.5, 0.6) is 11.5 Å². The predicted octanol–water partition coefficient (Wildman–Crippen LogP) is 3.49. The van der Waals surface area contributed by atoms with Crippen molar-refractivity contribution in [1.82, 2.24) is 0 Å². The van der Waals surface area contributed by atoms with Gasteiger partial charge in [-0.15, -0.1) is 0 Å². The standard InChI is InChI=1S/C22H26N2O5/c1-15(25)23-17-5-7-18(8-6-17)24(19-10-12-29-13-11-19)22(26)16-4-9-20(27-2)21(14-16)28-3/h4-9,14,19H,10-13H2,1-3H3,(H,23,25). The van der Waals surface area contributed by atoms with Crippen LogP contribution in [0.4, 0.5) is 11.4 Å². The van der Waals surface area contributed by atoms with E-state index in [0.717, 1.165) is 18.5 Å². The monoisotopic (exact) mass is 398 g/mol. The van der Waals surface area contributed by atoms with Crippen LogP contribution in [0.1, 0.15) is 30.1 Å². The molecule has 2 amide bonds. The van der Waals surface area contributed by atoms with Crippen molar-refractivity contribution in [2.24, 2.45) is 0 Å². The van der Waals surface area contributed by atoms with Crippen LogP contribution >= 0.6 is 0 Å². The third-order valence-electron chi connectivity index (χ3n) is 4.87. The summed E-state index contributed by atoms with van der Waals surface area (Å²) < 4.78 is 16.1. The molecule has 0 unspecified atom stereocenters. The van der Waals surface area contributed by atoms with E-state index in [1.165, 1.54) is 6.92 Å². The first-order chi connectivity index (χ1) is 14.0. The van der Waals surface area contributed by atoms with Gasteiger partial charge in [-0.3, -0.25) is 9.59 Å². The topological polar surface area (TPSA) is 77.1 Å². The quantitative estimate of drug-likeness (QED) is 0.806. The van der Waals surface area contributed by atoms with Crippen molar-refractivity contribution >= 4 is 23.2 Å². The maximum absolute atomic E-state index is 13.5. The third-order valence-corrected chi connectivity index (χ3v) is 4.87. The lowest BCUT2D eigenvalue weighted by Crippen LogP contribution is -2.43. The summed E-state index contributed by atoms with van der Waals surface area (Å²) in [6.45, 7) is 2.69. The number of rotatable bonds is 6. The number of hydrogen-bond acceptors (Lipinski definition) is 5. The van der Waals surface area contributed by atoms with E-state index in [1.54, 1.807) is 49.5 Å². The Morgan fingerprint density at radius 3 is 2.24 bits per heavy atom. The second-order valence-corrected chi connectivity index (χ2v) is 6.82. The van der Waals surface area contributed by atoms with Crippen LogP contribution in [0.25, 0.3) is 0 Å². The van der Waals surface area contributed by atoms with Gasteiger partial charge in [0.15, 0.2) is 11.5 Å². The van der Waals surface area contributed by atoms with Gasteiger partial charge in [-0.25, -0.2) is 0 Å². The molecular weight excluding hydrogens is 372 g/mol. The molecule has 1 fully saturated rings. The first-order valence-electron chi connectivity index (χ1n) is 9.54. The highest BCUT2D eigenvalue weighted by Gasteiger charge is 2.28. The highest BCUT2D eigenvalue weighted by atomic mass is 16.5. The average Bonchev–Trinajstić information content (AvgIpc) is 2.75. The van der Waals surface area contributed by atoms with Gasteiger partial charge in [0.2, 0.25) is 5.91 Å². The first-order valence-corrected chi connectivity index (χ1v) is 9.54. The van der Waals surface area contributed by atoms with Crippen molar-refractivity contribution in [1.29, 1.82) is 0 Å². The number of anilines is 2. The van der Waals surface area contributed by atoms with Crippen LogP contribution in [0, 0.1) is 0 Å². The highest BCUT2D eigenvalue weighted by Crippen LogP contribution is 2.31. The van der Waals surface area contributed by atoms with Gasteiger partial charge in [0, 0.05) is 43.1 Å². The summed E-state index contributed by atoms with van der Waals surface area (Å²) in [7, 11) is 3.10. The molecule has 1 heterocycles. The Balaban J connectivity index is 1.95. The fourth-order valence-electron chi connectivity index (χ4n) is 3.45. The Bertz CT molecular complexity index is 860. The summed E-state index contributed by atoms with van der Waals surface area (Å²) in [6, 6.07) is 12.5. The smallest absolute Gasteiger partial charge is 0.258 e. The van der Waals surface area contributed by atoms with Gasteiger partial charge in [0.1, 0.15) is 0 Å². The molecule has 7 nitrogen and oxygen atoms in total. The number of methoxy groups -OCH3 is 2. The number of nitrogens with zero attached hydrogens (tertiary/aromatic N) is 1. The molecule has 1 N–H and O–H groups in total. The molecule has 0 aromatic heterocycles. The molecule has 7 heteroatoms. The summed E-state index contributed by atoms with van der Waals surface area (Å²) in [4.78, 5) is 26.6. The van der Waals surface area contributed by atoms with Crippen molar-refractivity contribution in [2.45, 2.75) is 25.8 Å². The number of hydrogen-bond donors (Lipinski definition) is 1. The number of benzene rings is 2. The molecule has 0 saturated carbocycles. The van der Waals surface area contributed by atoms with Crippen LogP contribution in [0.3, 0.4) is 0 Å². The fourth-order valence-corrected chi connectivity index (χ4v) is 3.45. The Labute approximate surface area is 170 Å². The van der Waals surface area contributed by atoms with E-state index < -0.39 is 0 Å². The Morgan fingerprint density at radius 2 is 1.66 bits per heavy atom. The van der Waals surface area contributed by atoms with Crippen molar-refractivity contribution in [3.8, 4) is 11.5 Å². The minimum Gasteiger partial charge on any atom is -0.493 e. The largest absolute Gasteiger partial charge is 0.493 e. The minimum atomic E-state index is -0.138. The van der Waals surface area contributed by atoms with E-state index in [1.807, 2.05) is 12.1 Å². The number of ether oxygens (including phenoxy) is 3. The maximum Gasteiger partial charge on any atom is 0.258 e. The first kappa shape index (κ1) is 20.7. The lowest BCUT2D eigenvalue weighted by molar-refractivity contribution is -0.114. The van der Waals surface area contributed by atoms with Crippen molar-refractivity contribution in [2.75, 3.05) is 37.7 Å². The molecule has 29 heavy (non-hydrogen) atoms. The number of carbonyl (C=O) groups excluding carboxylic acids is 2. The van der Waals surface area contributed by atoms with Gasteiger partial charge < -0.3 is 24.4 Å². The van der Waals surface area contributed by atoms with E-state index in [0.29, 0.717) is 36.0 Å². The van der Waals surface area contributed by atoms with Gasteiger partial charge in [-0.05, 0) is 55.3 Å². The molecule has 0 spiro atoms. The van der Waals surface area contributed by atoms with E-state index in [9.17, 15) is 9.59 Å². The van der Waals surface area contributed by atoms with E-state index in [-0.39, 0.29) is 17.9 Å². The van der Waals surface area contributed by atoms with Crippen LogP contribution in [0.2, 0.25) is 0 Å². The zero-order valence-electron chi connectivity index (χ0n) is 16.9. The van der Waals surface area contributed by atoms with Crippen molar-refractivity contribution in [3.05, 3.63) is 48.0 Å². The molecule has 1 aliphatic heterocycles. The lowest BCUT2D eigenvalue weighted by atomic mass is 10.0. The summed E-state index contributed by atoms with van der Waals surface area (Å²) in [5, 5.41) is 2.75. The Kier molecular flexibility index (Phi) is 6.72. The average molecular weight is 398 g/mol. The molecule has 1 aliphatic rings. The Morgan fingerprint density at radius 1 is 1.00 bits per heavy atom. The normalized spacial score (nSPS) is 14.2. The molecule has 3 rings (SSSR count). The molecule has 2 aromatic carbocycles. The fraction of sp³-hybridized carbons (Fsp3) is 0.364. The molecule has 2 aromatic rings. The zero-order chi connectivity index (χ0) is 20.8. The summed E-state index contributed by atoms with van der Waals surface area (Å²) >= 11 is 0. The van der Waals surface area contributed by atoms with E-state index >= 15 is 0 Å². The van der Waals surface area contributed by atoms with Gasteiger partial charge in [-0.2, -0.15) is 0 Å². The van der Waals surface area contributed by atoms with Crippen LogP contribution in [0.15, 0.2) is 42.5 Å². The molecule has 0 radical (unpaired) electrons. The van der Waals surface area contributed by atoms with Gasteiger partial charge in [0.05, 0.1) is 14.2 Å². The second kappa shape index (κ2) is 9.43. The molecule has 0 atom stereocenters. The third kappa shape index (κ3) is 4.86. The molecule has 0 aliphatic carbocycles. The number of nitrogens with one attached hydrogen (secondary N) is 1. The zero-order valence-corrected chi connectivity index (χ0v) is 16.9. The predicted molar refractivity (Wildman–Crippen MR) is 111 cm³/mol. The summed E-state index contributed by atoms with van der Waals surface area (Å²) in [6.07, 6.45) is 1.51. The maximum atomic E-state index is 13.5. The van der Waals surface area contributed by atoms with Gasteiger partial charge >= 0.3 is 0 Å². The second-order valence-electron chi connectivity index (χ2n) is 6.82. The summed E-state index contributed by atoms with van der Waals surface area (Å²) in [5.74, 6) is 0.818. The minimum absolute atomic E-state index is 0.0240. The molecule has 0 bridgehead atoms. The number of carbonyl (C=O) groups is 2. The molecule has 154 valence electrons.